The molecule has 0 spiro atoms. The van der Waals surface area contributed by atoms with Crippen molar-refractivity contribution in [2.24, 2.45) is 11.3 Å². The Hall–Kier alpha value is -0.790. The van der Waals surface area contributed by atoms with E-state index in [0.717, 1.165) is 19.3 Å². The average Bonchev–Trinajstić information content (AvgIpc) is 2.34. The minimum Gasteiger partial charge on any atom is -0.481 e. The van der Waals surface area contributed by atoms with Crippen molar-refractivity contribution in [3.63, 3.8) is 0 Å². The summed E-state index contributed by atoms with van der Waals surface area (Å²) in [5.41, 5.74) is -0.498. The van der Waals surface area contributed by atoms with Crippen LogP contribution in [-0.2, 0) is 4.79 Å². The summed E-state index contributed by atoms with van der Waals surface area (Å²) in [5, 5.41) is 9.12. The van der Waals surface area contributed by atoms with E-state index in [0.29, 0.717) is 12.3 Å². The third-order valence-corrected chi connectivity index (χ3v) is 3.14. The molecule has 1 aliphatic rings. The molecule has 0 aromatic rings. The highest BCUT2D eigenvalue weighted by atomic mass is 16.4. The van der Waals surface area contributed by atoms with Crippen molar-refractivity contribution >= 4 is 5.97 Å². The van der Waals surface area contributed by atoms with Gasteiger partial charge in [-0.25, -0.2) is 0 Å². The molecule has 0 amide bonds. The van der Waals surface area contributed by atoms with Crippen molar-refractivity contribution in [2.45, 2.75) is 32.6 Å². The van der Waals surface area contributed by atoms with E-state index in [1.54, 1.807) is 6.08 Å². The van der Waals surface area contributed by atoms with Crippen molar-refractivity contribution in [1.82, 2.24) is 0 Å². The van der Waals surface area contributed by atoms with Crippen LogP contribution in [0.3, 0.4) is 0 Å². The normalized spacial score (nSPS) is 34.9. The molecular weight excluding hydrogens is 152 g/mol. The fraction of sp³-hybridized carbons (Fsp3) is 0.700. The van der Waals surface area contributed by atoms with Crippen LogP contribution >= 0.6 is 0 Å². The van der Waals surface area contributed by atoms with Gasteiger partial charge in [-0.05, 0) is 25.2 Å². The lowest BCUT2D eigenvalue weighted by atomic mass is 9.76. The van der Waals surface area contributed by atoms with Gasteiger partial charge in [-0.3, -0.25) is 4.79 Å². The largest absolute Gasteiger partial charge is 0.481 e. The lowest BCUT2D eigenvalue weighted by Gasteiger charge is -2.27. The Morgan fingerprint density at radius 1 is 1.83 bits per heavy atom. The molecule has 68 valence electrons. The molecule has 12 heavy (non-hydrogen) atoms. The number of hydrogen-bond acceptors (Lipinski definition) is 1. The van der Waals surface area contributed by atoms with Gasteiger partial charge in [-0.2, -0.15) is 0 Å². The summed E-state index contributed by atoms with van der Waals surface area (Å²) in [6.45, 7) is 5.66. The Kier molecular flexibility index (Phi) is 2.55. The number of hydrogen-bond donors (Lipinski definition) is 1. The van der Waals surface area contributed by atoms with Crippen molar-refractivity contribution < 1.29 is 9.90 Å². The number of carboxylic acid groups (broad SMARTS) is 1. The quantitative estimate of drug-likeness (QED) is 0.657. The molecule has 2 nitrogen and oxygen atoms in total. The van der Waals surface area contributed by atoms with Crippen LogP contribution in [0.5, 0.6) is 0 Å². The first-order chi connectivity index (χ1) is 5.63. The fourth-order valence-electron chi connectivity index (χ4n) is 2.21. The van der Waals surface area contributed by atoms with E-state index in [-0.39, 0.29) is 0 Å². The monoisotopic (exact) mass is 168 g/mol. The molecule has 1 aliphatic carbocycles. The van der Waals surface area contributed by atoms with Crippen LogP contribution in [-0.4, -0.2) is 11.1 Å². The zero-order valence-corrected chi connectivity index (χ0v) is 7.55. The lowest BCUT2D eigenvalue weighted by molar-refractivity contribution is -0.150. The van der Waals surface area contributed by atoms with Crippen LogP contribution in [0, 0.1) is 11.3 Å². The van der Waals surface area contributed by atoms with Crippen LogP contribution in [0.15, 0.2) is 12.7 Å². The molecule has 2 heteroatoms. The zero-order valence-electron chi connectivity index (χ0n) is 7.55. The van der Waals surface area contributed by atoms with Gasteiger partial charge >= 0.3 is 5.97 Å². The zero-order chi connectivity index (χ0) is 9.19. The van der Waals surface area contributed by atoms with Crippen LogP contribution in [0.4, 0.5) is 0 Å². The highest BCUT2D eigenvalue weighted by Gasteiger charge is 2.45. The minimum atomic E-state index is -0.646. The molecule has 0 heterocycles. The fourth-order valence-corrected chi connectivity index (χ4v) is 2.21. The second-order valence-electron chi connectivity index (χ2n) is 3.75. The average molecular weight is 168 g/mol. The summed E-state index contributed by atoms with van der Waals surface area (Å²) in [5.74, 6) is -0.347. The molecule has 1 N–H and O–H groups in total. The van der Waals surface area contributed by atoms with Gasteiger partial charge in [0.1, 0.15) is 0 Å². The van der Waals surface area contributed by atoms with E-state index >= 15 is 0 Å². The van der Waals surface area contributed by atoms with E-state index in [2.05, 4.69) is 6.58 Å². The van der Waals surface area contributed by atoms with Crippen LogP contribution in [0.1, 0.15) is 32.6 Å². The van der Waals surface area contributed by atoms with E-state index in [4.69, 9.17) is 5.11 Å². The summed E-state index contributed by atoms with van der Waals surface area (Å²) in [6, 6.07) is 0. The topological polar surface area (TPSA) is 37.3 Å². The third-order valence-electron chi connectivity index (χ3n) is 3.14. The van der Waals surface area contributed by atoms with Gasteiger partial charge in [0, 0.05) is 0 Å². The smallest absolute Gasteiger partial charge is 0.310 e. The maximum Gasteiger partial charge on any atom is 0.310 e. The Bertz CT molecular complexity index is 198. The molecule has 1 fully saturated rings. The SMILES string of the molecule is C=CCC1(C(=O)O)CCCC1C. The first kappa shape index (κ1) is 9.30. The van der Waals surface area contributed by atoms with Gasteiger partial charge in [0.2, 0.25) is 0 Å². The standard InChI is InChI=1S/C10H16O2/c1-3-6-10(9(11)12)7-4-5-8(10)2/h3,8H,1,4-7H2,2H3,(H,11,12). The maximum atomic E-state index is 11.1. The Morgan fingerprint density at radius 3 is 2.83 bits per heavy atom. The van der Waals surface area contributed by atoms with Gasteiger partial charge in [0.05, 0.1) is 5.41 Å². The number of allylic oxidation sites excluding steroid dienone is 1. The van der Waals surface area contributed by atoms with Crippen molar-refractivity contribution in [3.05, 3.63) is 12.7 Å². The predicted molar refractivity (Wildman–Crippen MR) is 47.9 cm³/mol. The van der Waals surface area contributed by atoms with Crippen molar-refractivity contribution in [3.8, 4) is 0 Å². The van der Waals surface area contributed by atoms with E-state index < -0.39 is 11.4 Å². The minimum absolute atomic E-state index is 0.299. The van der Waals surface area contributed by atoms with Crippen LogP contribution in [0.2, 0.25) is 0 Å². The molecule has 0 aromatic heterocycles. The predicted octanol–water partition coefficient (Wildman–Crippen LogP) is 2.45. The van der Waals surface area contributed by atoms with Crippen LogP contribution in [0.25, 0.3) is 0 Å². The molecule has 0 saturated heterocycles. The molecule has 2 atom stereocenters. The second-order valence-corrected chi connectivity index (χ2v) is 3.75. The molecule has 1 saturated carbocycles. The maximum absolute atomic E-state index is 11.1. The van der Waals surface area contributed by atoms with Gasteiger partial charge in [-0.1, -0.05) is 19.4 Å². The summed E-state index contributed by atoms with van der Waals surface area (Å²) < 4.78 is 0. The van der Waals surface area contributed by atoms with E-state index in [9.17, 15) is 4.79 Å². The van der Waals surface area contributed by atoms with Crippen LogP contribution < -0.4 is 0 Å². The van der Waals surface area contributed by atoms with Crippen molar-refractivity contribution in [1.29, 1.82) is 0 Å². The summed E-state index contributed by atoms with van der Waals surface area (Å²) in [6.07, 6.45) is 5.25. The molecule has 0 bridgehead atoms. The first-order valence-electron chi connectivity index (χ1n) is 4.48. The highest BCUT2D eigenvalue weighted by Crippen LogP contribution is 2.46. The molecule has 0 radical (unpaired) electrons. The summed E-state index contributed by atoms with van der Waals surface area (Å²) in [7, 11) is 0. The number of carboxylic acids is 1. The van der Waals surface area contributed by atoms with Gasteiger partial charge in [0.25, 0.3) is 0 Å². The number of aliphatic carboxylic acids is 1. The third kappa shape index (κ3) is 1.26. The Labute approximate surface area is 73.3 Å². The highest BCUT2D eigenvalue weighted by molar-refractivity contribution is 5.75. The number of rotatable bonds is 3. The molecule has 2 unspecified atom stereocenters. The Balaban J connectivity index is 2.84. The molecular formula is C10H16O2. The Morgan fingerprint density at radius 2 is 2.50 bits per heavy atom. The molecule has 0 aliphatic heterocycles. The van der Waals surface area contributed by atoms with Crippen molar-refractivity contribution in [2.75, 3.05) is 0 Å². The molecule has 0 aromatic carbocycles. The van der Waals surface area contributed by atoms with E-state index in [1.807, 2.05) is 6.92 Å². The second kappa shape index (κ2) is 3.30. The van der Waals surface area contributed by atoms with E-state index in [1.165, 1.54) is 0 Å². The molecule has 1 rings (SSSR count). The number of carbonyl (C=O) groups is 1. The van der Waals surface area contributed by atoms with Gasteiger partial charge in [-0.15, -0.1) is 6.58 Å². The first-order valence-corrected chi connectivity index (χ1v) is 4.48. The van der Waals surface area contributed by atoms with Gasteiger partial charge in [0.15, 0.2) is 0 Å². The van der Waals surface area contributed by atoms with Gasteiger partial charge < -0.3 is 5.11 Å². The summed E-state index contributed by atoms with van der Waals surface area (Å²) in [4.78, 5) is 11.1. The lowest BCUT2D eigenvalue weighted by Crippen LogP contribution is -2.32. The summed E-state index contributed by atoms with van der Waals surface area (Å²) >= 11 is 0.